The zero-order valence-corrected chi connectivity index (χ0v) is 18.9. The summed E-state index contributed by atoms with van der Waals surface area (Å²) in [5.41, 5.74) is 4.20. The Kier molecular flexibility index (Phi) is 8.85. The van der Waals surface area contributed by atoms with E-state index in [1.165, 1.54) is 0 Å². The van der Waals surface area contributed by atoms with Crippen LogP contribution < -0.4 is 15.0 Å². The van der Waals surface area contributed by atoms with Gasteiger partial charge in [-0.05, 0) is 47.4 Å². The van der Waals surface area contributed by atoms with Crippen molar-refractivity contribution in [1.82, 2.24) is 5.32 Å². The average molecular weight is 435 g/mol. The number of carbonyl (C=O) groups excluding carboxylic acids is 1. The molecular formula is C26H30N2O2S. The fourth-order valence-electron chi connectivity index (χ4n) is 3.16. The van der Waals surface area contributed by atoms with Crippen LogP contribution in [-0.4, -0.2) is 12.6 Å². The van der Waals surface area contributed by atoms with Crippen molar-refractivity contribution in [1.29, 1.82) is 0 Å². The van der Waals surface area contributed by atoms with E-state index >= 15 is 0 Å². The third-order valence-corrected chi connectivity index (χ3v) is 5.39. The number of unbranched alkanes of at least 4 members (excludes halogenated alkanes) is 1. The number of anilines is 1. The molecular weight excluding hydrogens is 404 g/mol. The molecule has 0 aliphatic heterocycles. The molecule has 0 spiro atoms. The molecule has 3 rings (SSSR count). The van der Waals surface area contributed by atoms with Crippen LogP contribution in [0.15, 0.2) is 78.9 Å². The number of thiol groups is 1. The second-order valence-electron chi connectivity index (χ2n) is 7.41. The Morgan fingerprint density at radius 2 is 1.58 bits per heavy atom. The van der Waals surface area contributed by atoms with E-state index < -0.39 is 0 Å². The van der Waals surface area contributed by atoms with Gasteiger partial charge in [-0.3, -0.25) is 4.90 Å². The second-order valence-corrected chi connectivity index (χ2v) is 7.72. The first kappa shape index (κ1) is 22.8. The van der Waals surface area contributed by atoms with E-state index in [1.807, 2.05) is 83.8 Å². The molecule has 0 aliphatic rings. The molecule has 0 saturated carbocycles. The number of hydrogen-bond donors (Lipinski definition) is 2. The molecule has 3 aromatic carbocycles. The van der Waals surface area contributed by atoms with Crippen molar-refractivity contribution in [2.24, 2.45) is 0 Å². The van der Waals surface area contributed by atoms with Crippen LogP contribution in [0.2, 0.25) is 0 Å². The molecule has 0 atom stereocenters. The highest BCUT2D eigenvalue weighted by Crippen LogP contribution is 2.18. The molecule has 0 aromatic heterocycles. The van der Waals surface area contributed by atoms with Crippen molar-refractivity contribution in [3.8, 4) is 5.75 Å². The minimum atomic E-state index is -0.0866. The van der Waals surface area contributed by atoms with Crippen LogP contribution in [-0.2, 0) is 18.9 Å². The van der Waals surface area contributed by atoms with Gasteiger partial charge in [0.05, 0.1) is 0 Å². The van der Waals surface area contributed by atoms with Crippen molar-refractivity contribution in [2.75, 3.05) is 11.4 Å². The molecule has 2 amide bonds. The van der Waals surface area contributed by atoms with Crippen LogP contribution in [0.1, 0.15) is 36.5 Å². The first-order valence-electron chi connectivity index (χ1n) is 10.7. The van der Waals surface area contributed by atoms with Gasteiger partial charge in [0.25, 0.3) is 0 Å². The average Bonchev–Trinajstić information content (AvgIpc) is 2.83. The standard InChI is InChI=1S/C26H30N2O2S/c1-2-3-17-28(24-13-9-23(20-31)10-14-24)26(29)27-18-21-11-15-25(16-12-21)30-19-22-7-5-4-6-8-22/h4-16,31H,2-3,17-20H2,1H3,(H,27,29). The third kappa shape index (κ3) is 7.07. The molecule has 0 heterocycles. The zero-order valence-electron chi connectivity index (χ0n) is 18.0. The van der Waals surface area contributed by atoms with Gasteiger partial charge in [0.2, 0.25) is 0 Å². The molecule has 0 bridgehead atoms. The molecule has 0 saturated heterocycles. The third-order valence-electron chi connectivity index (χ3n) is 5.03. The highest BCUT2D eigenvalue weighted by atomic mass is 32.1. The lowest BCUT2D eigenvalue weighted by Gasteiger charge is -2.23. The highest BCUT2D eigenvalue weighted by Gasteiger charge is 2.15. The van der Waals surface area contributed by atoms with E-state index in [-0.39, 0.29) is 6.03 Å². The first-order chi connectivity index (χ1) is 15.2. The van der Waals surface area contributed by atoms with E-state index in [2.05, 4.69) is 24.9 Å². The molecule has 0 radical (unpaired) electrons. The number of rotatable bonds is 10. The Labute approximate surface area is 190 Å². The number of carbonyl (C=O) groups is 1. The number of urea groups is 1. The minimum absolute atomic E-state index is 0.0866. The van der Waals surface area contributed by atoms with Gasteiger partial charge < -0.3 is 10.1 Å². The van der Waals surface area contributed by atoms with Gasteiger partial charge in [-0.1, -0.05) is 67.9 Å². The number of nitrogens with zero attached hydrogens (tertiary/aromatic N) is 1. The molecule has 0 fully saturated rings. The van der Waals surface area contributed by atoms with Crippen LogP contribution >= 0.6 is 12.6 Å². The molecule has 4 nitrogen and oxygen atoms in total. The summed E-state index contributed by atoms with van der Waals surface area (Å²) in [4.78, 5) is 14.7. The van der Waals surface area contributed by atoms with Crippen molar-refractivity contribution in [2.45, 2.75) is 38.7 Å². The molecule has 162 valence electrons. The van der Waals surface area contributed by atoms with Gasteiger partial charge in [0, 0.05) is 24.5 Å². The topological polar surface area (TPSA) is 41.6 Å². The lowest BCUT2D eigenvalue weighted by molar-refractivity contribution is 0.246. The number of benzene rings is 3. The van der Waals surface area contributed by atoms with Gasteiger partial charge in [0.1, 0.15) is 12.4 Å². The first-order valence-corrected chi connectivity index (χ1v) is 11.3. The van der Waals surface area contributed by atoms with Crippen molar-refractivity contribution in [3.63, 3.8) is 0 Å². The molecule has 3 aromatic rings. The lowest BCUT2D eigenvalue weighted by atomic mass is 10.2. The maximum Gasteiger partial charge on any atom is 0.322 e. The van der Waals surface area contributed by atoms with Gasteiger partial charge in [-0.2, -0.15) is 12.6 Å². The Balaban J connectivity index is 1.55. The molecule has 5 heteroatoms. The Hall–Kier alpha value is -2.92. The molecule has 0 aliphatic carbocycles. The van der Waals surface area contributed by atoms with E-state index in [1.54, 1.807) is 0 Å². The summed E-state index contributed by atoms with van der Waals surface area (Å²) in [6, 6.07) is 25.9. The highest BCUT2D eigenvalue weighted by molar-refractivity contribution is 7.79. The summed E-state index contributed by atoms with van der Waals surface area (Å²) in [5, 5.41) is 3.04. The summed E-state index contributed by atoms with van der Waals surface area (Å²) in [5.74, 6) is 1.50. The molecule has 0 unspecified atom stereocenters. The smallest absolute Gasteiger partial charge is 0.322 e. The Morgan fingerprint density at radius 3 is 2.23 bits per heavy atom. The Bertz CT molecular complexity index is 928. The maximum absolute atomic E-state index is 12.9. The predicted molar refractivity (Wildman–Crippen MR) is 131 cm³/mol. The lowest BCUT2D eigenvalue weighted by Crippen LogP contribution is -2.40. The second kappa shape index (κ2) is 12.1. The fraction of sp³-hybridized carbons (Fsp3) is 0.269. The largest absolute Gasteiger partial charge is 0.489 e. The van der Waals surface area contributed by atoms with E-state index in [0.717, 1.165) is 41.0 Å². The summed E-state index contributed by atoms with van der Waals surface area (Å²) < 4.78 is 5.83. The normalized spacial score (nSPS) is 10.5. The van der Waals surface area contributed by atoms with Gasteiger partial charge in [0.15, 0.2) is 0 Å². The molecule has 1 N–H and O–H groups in total. The van der Waals surface area contributed by atoms with Gasteiger partial charge in [-0.15, -0.1) is 0 Å². The number of hydrogen-bond acceptors (Lipinski definition) is 3. The van der Waals surface area contributed by atoms with E-state index in [9.17, 15) is 4.79 Å². The van der Waals surface area contributed by atoms with Crippen LogP contribution in [0.4, 0.5) is 10.5 Å². The SMILES string of the molecule is CCCCN(C(=O)NCc1ccc(OCc2ccccc2)cc1)c1ccc(CS)cc1. The summed E-state index contributed by atoms with van der Waals surface area (Å²) in [7, 11) is 0. The van der Waals surface area contributed by atoms with Crippen LogP contribution in [0.3, 0.4) is 0 Å². The number of ether oxygens (including phenoxy) is 1. The predicted octanol–water partition coefficient (Wildman–Crippen LogP) is 6.21. The number of amides is 2. The van der Waals surface area contributed by atoms with E-state index in [0.29, 0.717) is 25.4 Å². The van der Waals surface area contributed by atoms with Crippen LogP contribution in [0.5, 0.6) is 5.75 Å². The quantitative estimate of drug-likeness (QED) is 0.372. The zero-order chi connectivity index (χ0) is 21.9. The van der Waals surface area contributed by atoms with Crippen molar-refractivity contribution in [3.05, 3.63) is 95.6 Å². The molecule has 31 heavy (non-hydrogen) atoms. The summed E-state index contributed by atoms with van der Waals surface area (Å²) in [6.45, 7) is 3.82. The minimum Gasteiger partial charge on any atom is -0.489 e. The van der Waals surface area contributed by atoms with Gasteiger partial charge in [-0.25, -0.2) is 4.79 Å². The van der Waals surface area contributed by atoms with Crippen LogP contribution in [0, 0.1) is 0 Å². The van der Waals surface area contributed by atoms with Crippen molar-refractivity contribution >= 4 is 24.3 Å². The van der Waals surface area contributed by atoms with Crippen molar-refractivity contribution < 1.29 is 9.53 Å². The summed E-state index contributed by atoms with van der Waals surface area (Å²) in [6.07, 6.45) is 1.98. The van der Waals surface area contributed by atoms with E-state index in [4.69, 9.17) is 4.74 Å². The fourth-order valence-corrected chi connectivity index (χ4v) is 3.37. The van der Waals surface area contributed by atoms with Crippen LogP contribution in [0.25, 0.3) is 0 Å². The monoisotopic (exact) mass is 434 g/mol. The maximum atomic E-state index is 12.9. The number of nitrogens with one attached hydrogen (secondary N) is 1. The summed E-state index contributed by atoms with van der Waals surface area (Å²) >= 11 is 4.30. The van der Waals surface area contributed by atoms with Gasteiger partial charge >= 0.3 is 6.03 Å². The Morgan fingerprint density at radius 1 is 0.903 bits per heavy atom.